The summed E-state index contributed by atoms with van der Waals surface area (Å²) in [6.45, 7) is 0.912. The third kappa shape index (κ3) is 3.01. The van der Waals surface area contributed by atoms with Gasteiger partial charge in [-0.05, 0) is 24.3 Å². The Hall–Kier alpha value is -1.83. The number of carbonyl (C=O) groups excluding carboxylic acids is 1. The van der Waals surface area contributed by atoms with Gasteiger partial charge in [0.15, 0.2) is 0 Å². The Labute approximate surface area is 128 Å². The molecule has 7 heteroatoms. The minimum absolute atomic E-state index is 0.0681. The summed E-state index contributed by atoms with van der Waals surface area (Å²) in [7, 11) is 3.23. The summed E-state index contributed by atoms with van der Waals surface area (Å²) in [6, 6.07) is 6.66. The molecular weight excluding hydrogens is 288 g/mol. The molecule has 0 spiro atoms. The van der Waals surface area contributed by atoms with E-state index in [2.05, 4.69) is 10.6 Å². The van der Waals surface area contributed by atoms with Crippen molar-refractivity contribution in [3.05, 3.63) is 24.3 Å². The van der Waals surface area contributed by atoms with Crippen LogP contribution in [0.2, 0.25) is 0 Å². The van der Waals surface area contributed by atoms with Crippen LogP contribution in [-0.2, 0) is 14.2 Å². The average Bonchev–Trinajstić information content (AvgIpc) is 3.11. The summed E-state index contributed by atoms with van der Waals surface area (Å²) >= 11 is 0. The summed E-state index contributed by atoms with van der Waals surface area (Å²) < 4.78 is 21.7. The first-order chi connectivity index (χ1) is 10.7. The second-order valence-corrected chi connectivity index (χ2v) is 5.30. The number of carbonyl (C=O) groups is 1. The predicted molar refractivity (Wildman–Crippen MR) is 79.2 cm³/mol. The smallest absolute Gasteiger partial charge is 0.319 e. The zero-order valence-corrected chi connectivity index (χ0v) is 12.6. The molecule has 1 aromatic carbocycles. The monoisotopic (exact) mass is 308 g/mol. The van der Waals surface area contributed by atoms with E-state index in [4.69, 9.17) is 18.9 Å². The molecule has 4 atom stereocenters. The van der Waals surface area contributed by atoms with E-state index in [1.807, 2.05) is 0 Å². The molecule has 120 valence electrons. The fraction of sp³-hybridized carbons (Fsp3) is 0.533. The zero-order chi connectivity index (χ0) is 15.5. The first-order valence-electron chi connectivity index (χ1n) is 7.19. The minimum Gasteiger partial charge on any atom is -0.497 e. The van der Waals surface area contributed by atoms with Gasteiger partial charge in [-0.3, -0.25) is 0 Å². The molecule has 0 bridgehead atoms. The number of benzene rings is 1. The normalized spacial score (nSPS) is 29.9. The van der Waals surface area contributed by atoms with Gasteiger partial charge in [-0.2, -0.15) is 0 Å². The SMILES string of the molecule is COc1ccc(NC(=O)N[C@H]2CO[C@H]3[C@@H]2OC[C@H]3OC)cc1. The van der Waals surface area contributed by atoms with Crippen molar-refractivity contribution in [3.8, 4) is 5.75 Å². The van der Waals surface area contributed by atoms with Crippen molar-refractivity contribution >= 4 is 11.7 Å². The summed E-state index contributed by atoms with van der Waals surface area (Å²) in [5.41, 5.74) is 0.691. The Morgan fingerprint density at radius 3 is 2.55 bits per heavy atom. The van der Waals surface area contributed by atoms with E-state index in [1.54, 1.807) is 38.5 Å². The number of hydrogen-bond acceptors (Lipinski definition) is 5. The number of amides is 2. The molecule has 0 unspecified atom stereocenters. The van der Waals surface area contributed by atoms with Crippen molar-refractivity contribution in [1.29, 1.82) is 0 Å². The lowest BCUT2D eigenvalue weighted by Gasteiger charge is -2.18. The van der Waals surface area contributed by atoms with Crippen LogP contribution in [0.1, 0.15) is 0 Å². The third-order valence-electron chi connectivity index (χ3n) is 3.98. The number of anilines is 1. The second kappa shape index (κ2) is 6.51. The van der Waals surface area contributed by atoms with E-state index in [1.165, 1.54) is 0 Å². The van der Waals surface area contributed by atoms with E-state index in [0.717, 1.165) is 5.75 Å². The van der Waals surface area contributed by atoms with E-state index in [0.29, 0.717) is 18.9 Å². The molecule has 2 aliphatic heterocycles. The molecule has 1 aromatic rings. The van der Waals surface area contributed by atoms with Crippen molar-refractivity contribution < 1.29 is 23.7 Å². The summed E-state index contributed by atoms with van der Waals surface area (Å²) in [4.78, 5) is 12.1. The van der Waals surface area contributed by atoms with Crippen LogP contribution in [0.4, 0.5) is 10.5 Å². The van der Waals surface area contributed by atoms with Gasteiger partial charge in [0.1, 0.15) is 24.1 Å². The van der Waals surface area contributed by atoms with Crippen LogP contribution in [0.5, 0.6) is 5.75 Å². The van der Waals surface area contributed by atoms with Gasteiger partial charge >= 0.3 is 6.03 Å². The number of hydrogen-bond donors (Lipinski definition) is 2. The van der Waals surface area contributed by atoms with Crippen LogP contribution in [0.3, 0.4) is 0 Å². The molecule has 22 heavy (non-hydrogen) atoms. The van der Waals surface area contributed by atoms with E-state index >= 15 is 0 Å². The van der Waals surface area contributed by atoms with Crippen molar-refractivity contribution in [1.82, 2.24) is 5.32 Å². The predicted octanol–water partition coefficient (Wildman–Crippen LogP) is 0.998. The Bertz CT molecular complexity index is 521. The Morgan fingerprint density at radius 2 is 1.86 bits per heavy atom. The molecular formula is C15H20N2O5. The number of rotatable bonds is 4. The number of nitrogens with one attached hydrogen (secondary N) is 2. The molecule has 0 saturated carbocycles. The number of fused-ring (bicyclic) bond motifs is 1. The molecule has 0 aromatic heterocycles. The minimum atomic E-state index is -0.288. The number of urea groups is 1. The van der Waals surface area contributed by atoms with Gasteiger partial charge < -0.3 is 29.6 Å². The Kier molecular flexibility index (Phi) is 4.47. The molecule has 2 N–H and O–H groups in total. The van der Waals surface area contributed by atoms with Crippen molar-refractivity contribution in [2.45, 2.75) is 24.4 Å². The quantitative estimate of drug-likeness (QED) is 0.867. The molecule has 0 aliphatic carbocycles. The first-order valence-corrected chi connectivity index (χ1v) is 7.19. The fourth-order valence-electron chi connectivity index (χ4n) is 2.80. The molecule has 2 fully saturated rings. The van der Waals surface area contributed by atoms with Crippen LogP contribution in [0.25, 0.3) is 0 Å². The highest BCUT2D eigenvalue weighted by molar-refractivity contribution is 5.89. The highest BCUT2D eigenvalue weighted by Gasteiger charge is 2.48. The molecule has 3 rings (SSSR count). The first kappa shape index (κ1) is 15.1. The van der Waals surface area contributed by atoms with Gasteiger partial charge in [-0.1, -0.05) is 0 Å². The third-order valence-corrected chi connectivity index (χ3v) is 3.98. The Morgan fingerprint density at radius 1 is 1.14 bits per heavy atom. The Balaban J connectivity index is 1.54. The van der Waals surface area contributed by atoms with Crippen molar-refractivity contribution in [2.24, 2.45) is 0 Å². The lowest BCUT2D eigenvalue weighted by molar-refractivity contribution is -0.00805. The van der Waals surface area contributed by atoms with Gasteiger partial charge in [-0.25, -0.2) is 4.79 Å². The van der Waals surface area contributed by atoms with Crippen LogP contribution in [0.15, 0.2) is 24.3 Å². The van der Waals surface area contributed by atoms with Gasteiger partial charge in [0.25, 0.3) is 0 Å². The largest absolute Gasteiger partial charge is 0.497 e. The van der Waals surface area contributed by atoms with Gasteiger partial charge in [-0.15, -0.1) is 0 Å². The summed E-state index contributed by atoms with van der Waals surface area (Å²) in [6.07, 6.45) is -0.343. The zero-order valence-electron chi connectivity index (χ0n) is 12.6. The summed E-state index contributed by atoms with van der Waals surface area (Å²) in [5.74, 6) is 0.739. The highest BCUT2D eigenvalue weighted by atomic mass is 16.6. The van der Waals surface area contributed by atoms with Gasteiger partial charge in [0.2, 0.25) is 0 Å². The second-order valence-electron chi connectivity index (χ2n) is 5.30. The molecule has 0 radical (unpaired) electrons. The molecule has 2 saturated heterocycles. The standard InChI is InChI=1S/C15H20N2O5/c1-19-10-5-3-9(4-6-10)16-15(18)17-11-7-21-14-12(20-2)8-22-13(11)14/h3-6,11-14H,7-8H2,1-2H3,(H2,16,17,18)/t11-,12+,13+,14+/m0/s1. The molecule has 2 heterocycles. The van der Waals surface area contributed by atoms with E-state index < -0.39 is 0 Å². The highest BCUT2D eigenvalue weighted by Crippen LogP contribution is 2.28. The van der Waals surface area contributed by atoms with Crippen LogP contribution >= 0.6 is 0 Å². The lowest BCUT2D eigenvalue weighted by Crippen LogP contribution is -2.46. The van der Waals surface area contributed by atoms with Crippen molar-refractivity contribution in [3.63, 3.8) is 0 Å². The average molecular weight is 308 g/mol. The van der Waals surface area contributed by atoms with Crippen LogP contribution in [0, 0.1) is 0 Å². The topological polar surface area (TPSA) is 78.1 Å². The van der Waals surface area contributed by atoms with E-state index in [9.17, 15) is 4.79 Å². The van der Waals surface area contributed by atoms with E-state index in [-0.39, 0.29) is 30.4 Å². The van der Waals surface area contributed by atoms with Gasteiger partial charge in [0, 0.05) is 12.8 Å². The van der Waals surface area contributed by atoms with Crippen molar-refractivity contribution in [2.75, 3.05) is 32.8 Å². The number of methoxy groups -OCH3 is 2. The van der Waals surface area contributed by atoms with Gasteiger partial charge in [0.05, 0.1) is 26.4 Å². The maximum atomic E-state index is 12.1. The fourth-order valence-corrected chi connectivity index (χ4v) is 2.80. The maximum absolute atomic E-state index is 12.1. The maximum Gasteiger partial charge on any atom is 0.319 e. The lowest BCUT2D eigenvalue weighted by atomic mass is 10.1. The number of ether oxygens (including phenoxy) is 4. The molecule has 7 nitrogen and oxygen atoms in total. The summed E-state index contributed by atoms with van der Waals surface area (Å²) in [5, 5.41) is 5.66. The van der Waals surface area contributed by atoms with Crippen LogP contribution < -0.4 is 15.4 Å². The molecule has 2 aliphatic rings. The van der Waals surface area contributed by atoms with Crippen LogP contribution in [-0.4, -0.2) is 57.8 Å². The molecule has 2 amide bonds.